The summed E-state index contributed by atoms with van der Waals surface area (Å²) in [4.78, 5) is 22.5. The number of nitrogens with one attached hydrogen (secondary N) is 2. The Balaban J connectivity index is 1.41. The van der Waals surface area contributed by atoms with Crippen LogP contribution in [0.5, 0.6) is 0 Å². The maximum Gasteiger partial charge on any atom is 0.219 e. The van der Waals surface area contributed by atoms with E-state index in [1.165, 1.54) is 11.1 Å². The van der Waals surface area contributed by atoms with E-state index in [0.717, 1.165) is 84.6 Å². The fourth-order valence-electron chi connectivity index (χ4n) is 3.90. The predicted molar refractivity (Wildman–Crippen MR) is 119 cm³/mol. The quantitative estimate of drug-likeness (QED) is 0.494. The number of piperazine rings is 1. The van der Waals surface area contributed by atoms with Crippen molar-refractivity contribution >= 4 is 11.9 Å². The first-order valence-corrected chi connectivity index (χ1v) is 10.9. The van der Waals surface area contributed by atoms with Gasteiger partial charge < -0.3 is 20.3 Å². The zero-order valence-corrected chi connectivity index (χ0v) is 18.4. The molecule has 0 spiro atoms. The lowest BCUT2D eigenvalue weighted by Crippen LogP contribution is -2.50. The van der Waals surface area contributed by atoms with E-state index in [9.17, 15) is 4.79 Å². The number of guanidine groups is 1. The van der Waals surface area contributed by atoms with Gasteiger partial charge in [0.1, 0.15) is 0 Å². The molecule has 0 unspecified atom stereocenters. The number of hydrogen-bond donors (Lipinski definition) is 2. The highest BCUT2D eigenvalue weighted by molar-refractivity contribution is 5.79. The molecular formula is C22H36N6O2. The maximum absolute atomic E-state index is 11.4. The third-order valence-electron chi connectivity index (χ3n) is 5.82. The first-order chi connectivity index (χ1) is 14.7. The fraction of sp³-hybridized carbons (Fsp3) is 0.636. The van der Waals surface area contributed by atoms with Crippen molar-refractivity contribution in [2.45, 2.75) is 20.0 Å². The molecule has 0 radical (unpaired) electrons. The highest BCUT2D eigenvalue weighted by atomic mass is 16.5. The first-order valence-electron chi connectivity index (χ1n) is 10.9. The minimum Gasteiger partial charge on any atom is -0.379 e. The number of amides is 1. The van der Waals surface area contributed by atoms with E-state index < -0.39 is 0 Å². The van der Waals surface area contributed by atoms with E-state index in [1.807, 2.05) is 4.90 Å². The Morgan fingerprint density at radius 3 is 2.37 bits per heavy atom. The van der Waals surface area contributed by atoms with Gasteiger partial charge in [0, 0.05) is 79.4 Å². The zero-order chi connectivity index (χ0) is 21.2. The van der Waals surface area contributed by atoms with E-state index in [2.05, 4.69) is 49.7 Å². The van der Waals surface area contributed by atoms with Crippen molar-refractivity contribution in [3.8, 4) is 0 Å². The Hall–Kier alpha value is -2.16. The van der Waals surface area contributed by atoms with Crippen LogP contribution in [-0.2, 0) is 22.6 Å². The summed E-state index contributed by atoms with van der Waals surface area (Å²) in [6, 6.07) is 8.60. The maximum atomic E-state index is 11.4. The summed E-state index contributed by atoms with van der Waals surface area (Å²) in [6.45, 7) is 12.3. The molecule has 0 atom stereocenters. The zero-order valence-electron chi connectivity index (χ0n) is 18.4. The topological polar surface area (TPSA) is 72.4 Å². The molecule has 2 fully saturated rings. The SMILES string of the molecule is CN=C(NCCN1CCN(C(C)=O)CC1)NCc1ccccc1CN1CCOCC1. The summed E-state index contributed by atoms with van der Waals surface area (Å²) in [5.41, 5.74) is 2.65. The highest BCUT2D eigenvalue weighted by Crippen LogP contribution is 2.13. The number of ether oxygens (including phenoxy) is 1. The van der Waals surface area contributed by atoms with E-state index in [1.54, 1.807) is 14.0 Å². The minimum absolute atomic E-state index is 0.172. The van der Waals surface area contributed by atoms with Crippen LogP contribution in [-0.4, -0.2) is 99.2 Å². The second-order valence-corrected chi connectivity index (χ2v) is 7.86. The van der Waals surface area contributed by atoms with Gasteiger partial charge >= 0.3 is 0 Å². The van der Waals surface area contributed by atoms with Gasteiger partial charge in [0.2, 0.25) is 5.91 Å². The molecule has 2 heterocycles. The molecule has 2 saturated heterocycles. The third kappa shape index (κ3) is 6.97. The molecule has 0 aliphatic carbocycles. The summed E-state index contributed by atoms with van der Waals surface area (Å²) in [5.74, 6) is 0.991. The van der Waals surface area contributed by atoms with Crippen molar-refractivity contribution in [1.29, 1.82) is 0 Å². The summed E-state index contributed by atoms with van der Waals surface area (Å²) >= 11 is 0. The van der Waals surface area contributed by atoms with Crippen LogP contribution < -0.4 is 10.6 Å². The largest absolute Gasteiger partial charge is 0.379 e. The molecule has 2 aliphatic rings. The molecule has 0 saturated carbocycles. The van der Waals surface area contributed by atoms with Crippen LogP contribution in [0, 0.1) is 0 Å². The lowest BCUT2D eigenvalue weighted by Gasteiger charge is -2.34. The average Bonchev–Trinajstić information content (AvgIpc) is 2.78. The van der Waals surface area contributed by atoms with Gasteiger partial charge in [-0.15, -0.1) is 0 Å². The van der Waals surface area contributed by atoms with E-state index in [-0.39, 0.29) is 5.91 Å². The molecule has 1 amide bonds. The van der Waals surface area contributed by atoms with Gasteiger partial charge in [-0.2, -0.15) is 0 Å². The van der Waals surface area contributed by atoms with Gasteiger partial charge in [-0.25, -0.2) is 0 Å². The molecule has 0 bridgehead atoms. The van der Waals surface area contributed by atoms with Gasteiger partial charge in [-0.3, -0.25) is 19.6 Å². The average molecular weight is 417 g/mol. The van der Waals surface area contributed by atoms with Crippen LogP contribution >= 0.6 is 0 Å². The van der Waals surface area contributed by atoms with Crippen LogP contribution in [0.15, 0.2) is 29.3 Å². The smallest absolute Gasteiger partial charge is 0.219 e. The van der Waals surface area contributed by atoms with Gasteiger partial charge in [-0.05, 0) is 11.1 Å². The number of morpholine rings is 1. The number of benzene rings is 1. The van der Waals surface area contributed by atoms with Crippen molar-refractivity contribution < 1.29 is 9.53 Å². The second kappa shape index (κ2) is 11.9. The fourth-order valence-corrected chi connectivity index (χ4v) is 3.90. The summed E-state index contributed by atoms with van der Waals surface area (Å²) in [6.07, 6.45) is 0. The number of nitrogens with zero attached hydrogens (tertiary/aromatic N) is 4. The van der Waals surface area contributed by atoms with Crippen LogP contribution in [0.4, 0.5) is 0 Å². The second-order valence-electron chi connectivity index (χ2n) is 7.86. The van der Waals surface area contributed by atoms with Gasteiger partial charge in [0.15, 0.2) is 5.96 Å². The van der Waals surface area contributed by atoms with Crippen molar-refractivity contribution in [1.82, 2.24) is 25.3 Å². The Morgan fingerprint density at radius 1 is 1.00 bits per heavy atom. The van der Waals surface area contributed by atoms with Crippen molar-refractivity contribution in [2.24, 2.45) is 4.99 Å². The van der Waals surface area contributed by atoms with Gasteiger partial charge in [0.05, 0.1) is 13.2 Å². The lowest BCUT2D eigenvalue weighted by molar-refractivity contribution is -0.130. The summed E-state index contributed by atoms with van der Waals surface area (Å²) in [7, 11) is 1.81. The molecule has 166 valence electrons. The van der Waals surface area contributed by atoms with Crippen molar-refractivity contribution in [3.63, 3.8) is 0 Å². The third-order valence-corrected chi connectivity index (χ3v) is 5.82. The van der Waals surface area contributed by atoms with Crippen LogP contribution in [0.1, 0.15) is 18.1 Å². The normalized spacial score (nSPS) is 19.0. The molecular weight excluding hydrogens is 380 g/mol. The highest BCUT2D eigenvalue weighted by Gasteiger charge is 2.18. The standard InChI is InChI=1S/C22H36N6O2/c1-19(29)28-11-9-26(10-12-28)8-7-24-22(23-2)25-17-20-5-3-4-6-21(20)18-27-13-15-30-16-14-27/h3-6H,7-18H2,1-2H3,(H2,23,24,25). The van der Waals surface area contributed by atoms with Crippen LogP contribution in [0.25, 0.3) is 0 Å². The van der Waals surface area contributed by atoms with Crippen molar-refractivity contribution in [2.75, 3.05) is 72.6 Å². The number of carbonyl (C=O) groups excluding carboxylic acids is 1. The molecule has 3 rings (SSSR count). The molecule has 8 heteroatoms. The summed E-state index contributed by atoms with van der Waals surface area (Å²) < 4.78 is 5.46. The van der Waals surface area contributed by atoms with Gasteiger partial charge in [0.25, 0.3) is 0 Å². The molecule has 1 aromatic carbocycles. The van der Waals surface area contributed by atoms with Crippen LogP contribution in [0.2, 0.25) is 0 Å². The van der Waals surface area contributed by atoms with Crippen molar-refractivity contribution in [3.05, 3.63) is 35.4 Å². The Morgan fingerprint density at radius 2 is 1.70 bits per heavy atom. The monoisotopic (exact) mass is 416 g/mol. The number of rotatable bonds is 7. The number of hydrogen-bond acceptors (Lipinski definition) is 5. The summed E-state index contributed by atoms with van der Waals surface area (Å²) in [5, 5.41) is 6.86. The number of carbonyl (C=O) groups is 1. The molecule has 1 aromatic rings. The Labute approximate surface area is 180 Å². The Bertz CT molecular complexity index is 697. The first kappa shape index (κ1) is 22.5. The van der Waals surface area contributed by atoms with Crippen LogP contribution in [0.3, 0.4) is 0 Å². The lowest BCUT2D eigenvalue weighted by atomic mass is 10.1. The van der Waals surface area contributed by atoms with Gasteiger partial charge in [-0.1, -0.05) is 24.3 Å². The molecule has 8 nitrogen and oxygen atoms in total. The van der Waals surface area contributed by atoms with E-state index in [4.69, 9.17) is 4.74 Å². The molecule has 2 aliphatic heterocycles. The van der Waals surface area contributed by atoms with E-state index in [0.29, 0.717) is 0 Å². The molecule has 30 heavy (non-hydrogen) atoms. The molecule has 0 aromatic heterocycles. The molecule has 2 N–H and O–H groups in total. The number of aliphatic imine (C=N–C) groups is 1. The predicted octanol–water partition coefficient (Wildman–Crippen LogP) is 0.348. The van der Waals surface area contributed by atoms with E-state index >= 15 is 0 Å². The Kier molecular flexibility index (Phi) is 8.92. The minimum atomic E-state index is 0.172.